The number of hydrogen-bond acceptors (Lipinski definition) is 4. The van der Waals surface area contributed by atoms with Crippen LogP contribution in [0.25, 0.3) is 0 Å². The molecule has 1 fully saturated rings. The van der Waals surface area contributed by atoms with Gasteiger partial charge in [0.2, 0.25) is 5.89 Å². The summed E-state index contributed by atoms with van der Waals surface area (Å²) < 4.78 is 5.23. The minimum atomic E-state index is -0.117. The molecule has 1 aromatic heterocycles. The fraction of sp³-hybridized carbons (Fsp3) is 0.400. The van der Waals surface area contributed by atoms with Crippen LogP contribution in [-0.2, 0) is 0 Å². The first-order valence-electron chi connectivity index (χ1n) is 7.09. The largest absolute Gasteiger partial charge is 0.339 e. The summed E-state index contributed by atoms with van der Waals surface area (Å²) in [5, 5.41) is 4.72. The van der Waals surface area contributed by atoms with Gasteiger partial charge >= 0.3 is 0 Å². The lowest BCUT2D eigenvalue weighted by molar-refractivity contribution is 0.0696. The van der Waals surface area contributed by atoms with Crippen LogP contribution in [0.3, 0.4) is 0 Å². The standard InChI is InChI=1S/C15H15Cl2N3O2/c1-9-18-14(22-19-9)10-3-2-6-20(8-10)15(21)12-7-11(16)4-5-13(12)17/h4-5,7,10H,2-3,6,8H2,1H3/t10-/m1/s1. The third-order valence-electron chi connectivity index (χ3n) is 3.76. The third kappa shape index (κ3) is 3.10. The molecule has 0 unspecified atom stereocenters. The molecule has 7 heteroatoms. The van der Waals surface area contributed by atoms with Crippen molar-refractivity contribution in [1.29, 1.82) is 0 Å². The molecule has 2 heterocycles. The molecule has 0 radical (unpaired) electrons. The van der Waals surface area contributed by atoms with Gasteiger partial charge in [-0.3, -0.25) is 4.79 Å². The molecular formula is C15H15Cl2N3O2. The average molecular weight is 340 g/mol. The van der Waals surface area contributed by atoms with E-state index >= 15 is 0 Å². The van der Waals surface area contributed by atoms with E-state index in [2.05, 4.69) is 10.1 Å². The first kappa shape index (κ1) is 15.3. The Morgan fingerprint density at radius 2 is 2.23 bits per heavy atom. The number of benzene rings is 1. The summed E-state index contributed by atoms with van der Waals surface area (Å²) in [6.45, 7) is 3.01. The van der Waals surface area contributed by atoms with E-state index < -0.39 is 0 Å². The van der Waals surface area contributed by atoms with Gasteiger partial charge in [-0.05, 0) is 38.0 Å². The number of nitrogens with zero attached hydrogens (tertiary/aromatic N) is 3. The van der Waals surface area contributed by atoms with E-state index in [4.69, 9.17) is 27.7 Å². The number of aryl methyl sites for hydroxylation is 1. The van der Waals surface area contributed by atoms with Crippen molar-refractivity contribution in [2.24, 2.45) is 0 Å². The normalized spacial score (nSPS) is 18.5. The summed E-state index contributed by atoms with van der Waals surface area (Å²) in [4.78, 5) is 18.7. The molecule has 0 N–H and O–H groups in total. The molecule has 3 rings (SSSR count). The molecule has 0 bridgehead atoms. The Kier molecular flexibility index (Phi) is 4.36. The number of aromatic nitrogens is 2. The lowest BCUT2D eigenvalue weighted by Crippen LogP contribution is -2.39. The molecule has 1 aliphatic rings. The van der Waals surface area contributed by atoms with Crippen LogP contribution >= 0.6 is 23.2 Å². The second kappa shape index (κ2) is 6.26. The van der Waals surface area contributed by atoms with Crippen LogP contribution in [0.4, 0.5) is 0 Å². The minimum absolute atomic E-state index is 0.0665. The molecule has 1 atom stereocenters. The average Bonchev–Trinajstić information content (AvgIpc) is 2.96. The van der Waals surface area contributed by atoms with E-state index in [1.165, 1.54) is 0 Å². The van der Waals surface area contributed by atoms with Gasteiger partial charge in [0.15, 0.2) is 5.82 Å². The molecule has 0 aliphatic carbocycles. The van der Waals surface area contributed by atoms with E-state index in [-0.39, 0.29) is 11.8 Å². The molecule has 22 heavy (non-hydrogen) atoms. The first-order chi connectivity index (χ1) is 10.5. The van der Waals surface area contributed by atoms with Crippen LogP contribution in [0.1, 0.15) is 40.8 Å². The van der Waals surface area contributed by atoms with Crippen molar-refractivity contribution < 1.29 is 9.32 Å². The minimum Gasteiger partial charge on any atom is -0.339 e. The van der Waals surface area contributed by atoms with Crippen molar-refractivity contribution in [2.45, 2.75) is 25.7 Å². The monoisotopic (exact) mass is 339 g/mol. The summed E-state index contributed by atoms with van der Waals surface area (Å²) in [6.07, 6.45) is 1.81. The number of carbonyl (C=O) groups excluding carboxylic acids is 1. The van der Waals surface area contributed by atoms with E-state index in [0.29, 0.717) is 40.4 Å². The Hall–Kier alpha value is -1.59. The number of halogens is 2. The Bertz CT molecular complexity index is 702. The molecular weight excluding hydrogens is 325 g/mol. The Balaban J connectivity index is 1.79. The molecule has 116 valence electrons. The van der Waals surface area contributed by atoms with Gasteiger partial charge in [0, 0.05) is 18.1 Å². The number of amides is 1. The van der Waals surface area contributed by atoms with Gasteiger partial charge in [0.25, 0.3) is 5.91 Å². The van der Waals surface area contributed by atoms with Crippen LogP contribution in [0.5, 0.6) is 0 Å². The highest BCUT2D eigenvalue weighted by Crippen LogP contribution is 2.28. The number of likely N-dealkylation sites (tertiary alicyclic amines) is 1. The van der Waals surface area contributed by atoms with Crippen LogP contribution in [0.15, 0.2) is 22.7 Å². The van der Waals surface area contributed by atoms with E-state index in [0.717, 1.165) is 12.8 Å². The lowest BCUT2D eigenvalue weighted by atomic mass is 9.97. The third-order valence-corrected chi connectivity index (χ3v) is 4.32. The van der Waals surface area contributed by atoms with Gasteiger partial charge in [0.1, 0.15) is 0 Å². The Labute approximate surface area is 138 Å². The van der Waals surface area contributed by atoms with Crippen molar-refractivity contribution in [3.8, 4) is 0 Å². The molecule has 0 saturated carbocycles. The maximum Gasteiger partial charge on any atom is 0.255 e. The molecule has 1 amide bonds. The van der Waals surface area contributed by atoms with Crippen LogP contribution in [-0.4, -0.2) is 34.0 Å². The fourth-order valence-electron chi connectivity index (χ4n) is 2.67. The molecule has 5 nitrogen and oxygen atoms in total. The van der Waals surface area contributed by atoms with Crippen molar-refractivity contribution in [3.05, 3.63) is 45.5 Å². The maximum atomic E-state index is 12.7. The fourth-order valence-corrected chi connectivity index (χ4v) is 3.04. The van der Waals surface area contributed by atoms with Crippen LogP contribution in [0, 0.1) is 6.92 Å². The zero-order valence-corrected chi connectivity index (χ0v) is 13.6. The topological polar surface area (TPSA) is 59.2 Å². The molecule has 1 aromatic carbocycles. The van der Waals surface area contributed by atoms with Crippen LogP contribution in [0.2, 0.25) is 10.0 Å². The summed E-state index contributed by atoms with van der Waals surface area (Å²) in [5.41, 5.74) is 0.427. The Morgan fingerprint density at radius 3 is 2.95 bits per heavy atom. The maximum absolute atomic E-state index is 12.7. The lowest BCUT2D eigenvalue weighted by Gasteiger charge is -2.31. The quantitative estimate of drug-likeness (QED) is 0.836. The smallest absolute Gasteiger partial charge is 0.255 e. The van der Waals surface area contributed by atoms with E-state index in [9.17, 15) is 4.79 Å². The summed E-state index contributed by atoms with van der Waals surface area (Å²) in [6, 6.07) is 4.91. The second-order valence-electron chi connectivity index (χ2n) is 5.39. The molecule has 2 aromatic rings. The van der Waals surface area contributed by atoms with Gasteiger partial charge in [-0.15, -0.1) is 0 Å². The van der Waals surface area contributed by atoms with E-state index in [1.54, 1.807) is 30.0 Å². The van der Waals surface area contributed by atoms with Gasteiger partial charge in [-0.2, -0.15) is 4.98 Å². The second-order valence-corrected chi connectivity index (χ2v) is 6.24. The highest BCUT2D eigenvalue weighted by atomic mass is 35.5. The summed E-state index contributed by atoms with van der Waals surface area (Å²) in [7, 11) is 0. The predicted molar refractivity (Wildman–Crippen MR) is 83.4 cm³/mol. The van der Waals surface area contributed by atoms with Crippen molar-refractivity contribution in [1.82, 2.24) is 15.0 Å². The van der Waals surface area contributed by atoms with Crippen molar-refractivity contribution in [3.63, 3.8) is 0 Å². The van der Waals surface area contributed by atoms with Gasteiger partial charge < -0.3 is 9.42 Å². The number of piperidine rings is 1. The van der Waals surface area contributed by atoms with Crippen LogP contribution < -0.4 is 0 Å². The molecule has 0 spiro atoms. The highest BCUT2D eigenvalue weighted by molar-refractivity contribution is 6.35. The van der Waals surface area contributed by atoms with Gasteiger partial charge in [-0.25, -0.2) is 0 Å². The predicted octanol–water partition coefficient (Wildman–Crippen LogP) is 3.70. The molecule has 1 aliphatic heterocycles. The number of carbonyl (C=O) groups is 1. The van der Waals surface area contributed by atoms with Crippen molar-refractivity contribution in [2.75, 3.05) is 13.1 Å². The number of rotatable bonds is 2. The van der Waals surface area contributed by atoms with Gasteiger partial charge in [0.05, 0.1) is 16.5 Å². The summed E-state index contributed by atoms with van der Waals surface area (Å²) in [5.74, 6) is 1.15. The highest BCUT2D eigenvalue weighted by Gasteiger charge is 2.29. The van der Waals surface area contributed by atoms with Crippen molar-refractivity contribution >= 4 is 29.1 Å². The zero-order valence-electron chi connectivity index (χ0n) is 12.1. The molecule has 1 saturated heterocycles. The summed E-state index contributed by atoms with van der Waals surface area (Å²) >= 11 is 12.1. The zero-order chi connectivity index (χ0) is 15.7. The first-order valence-corrected chi connectivity index (χ1v) is 7.84. The van der Waals surface area contributed by atoms with Gasteiger partial charge in [-0.1, -0.05) is 28.4 Å². The Morgan fingerprint density at radius 1 is 1.41 bits per heavy atom. The SMILES string of the molecule is Cc1noc([C@@H]2CCCN(C(=O)c3cc(Cl)ccc3Cl)C2)n1. The number of hydrogen-bond donors (Lipinski definition) is 0. The van der Waals surface area contributed by atoms with E-state index in [1.807, 2.05) is 0 Å².